The molecule has 1 aromatic carbocycles. The number of benzene rings is 1. The lowest BCUT2D eigenvalue weighted by Gasteiger charge is -2.19. The highest BCUT2D eigenvalue weighted by Gasteiger charge is 2.30. The van der Waals surface area contributed by atoms with Gasteiger partial charge in [0, 0.05) is 11.6 Å². The lowest BCUT2D eigenvalue weighted by Crippen LogP contribution is -2.22. The van der Waals surface area contributed by atoms with Crippen LogP contribution in [0.3, 0.4) is 0 Å². The molecule has 0 radical (unpaired) electrons. The molecular weight excluding hydrogens is 311 g/mol. The van der Waals surface area contributed by atoms with Gasteiger partial charge in [-0.1, -0.05) is 11.2 Å². The molecule has 1 saturated heterocycles. The molecule has 4 rings (SSSR count). The molecule has 0 amide bonds. The van der Waals surface area contributed by atoms with Crippen molar-refractivity contribution in [1.29, 1.82) is 0 Å². The summed E-state index contributed by atoms with van der Waals surface area (Å²) >= 11 is 0. The fraction of sp³-hybridized carbons (Fsp3) is 0.353. The van der Waals surface area contributed by atoms with E-state index in [0.29, 0.717) is 23.9 Å². The summed E-state index contributed by atoms with van der Waals surface area (Å²) in [5.41, 5.74) is 1.46. The van der Waals surface area contributed by atoms with Crippen molar-refractivity contribution in [2.45, 2.75) is 32.4 Å². The first kappa shape index (κ1) is 15.0. The van der Waals surface area contributed by atoms with Crippen LogP contribution in [0.5, 0.6) is 0 Å². The minimum absolute atomic E-state index is 0.177. The van der Waals surface area contributed by atoms with Crippen LogP contribution in [0.15, 0.2) is 39.3 Å². The molecule has 0 saturated carbocycles. The van der Waals surface area contributed by atoms with E-state index in [1.165, 1.54) is 12.1 Å². The average molecular weight is 328 g/mol. The monoisotopic (exact) mass is 328 g/mol. The molecule has 0 bridgehead atoms. The number of aromatic nitrogens is 3. The first-order chi connectivity index (χ1) is 11.7. The Morgan fingerprint density at radius 2 is 2.21 bits per heavy atom. The van der Waals surface area contributed by atoms with Gasteiger partial charge >= 0.3 is 0 Å². The molecule has 0 N–H and O–H groups in total. The molecule has 7 heteroatoms. The van der Waals surface area contributed by atoms with Crippen molar-refractivity contribution in [3.8, 4) is 11.5 Å². The summed E-state index contributed by atoms with van der Waals surface area (Å²) < 4.78 is 24.4. The molecule has 1 aliphatic rings. The predicted octanol–water partition coefficient (Wildman–Crippen LogP) is 3.51. The van der Waals surface area contributed by atoms with Crippen molar-refractivity contribution in [2.75, 3.05) is 6.54 Å². The number of halogens is 1. The van der Waals surface area contributed by atoms with Gasteiger partial charge in [-0.2, -0.15) is 0 Å². The van der Waals surface area contributed by atoms with Crippen molar-refractivity contribution in [1.82, 2.24) is 20.3 Å². The van der Waals surface area contributed by atoms with Crippen molar-refractivity contribution in [3.05, 3.63) is 53.5 Å². The zero-order chi connectivity index (χ0) is 16.5. The van der Waals surface area contributed by atoms with Crippen LogP contribution in [0.2, 0.25) is 0 Å². The van der Waals surface area contributed by atoms with E-state index in [-0.39, 0.29) is 11.9 Å². The first-order valence-corrected chi connectivity index (χ1v) is 7.94. The molecular formula is C17H17FN4O2. The Hall–Kier alpha value is -2.54. The first-order valence-electron chi connectivity index (χ1n) is 7.94. The third kappa shape index (κ3) is 2.94. The zero-order valence-electron chi connectivity index (χ0n) is 13.3. The average Bonchev–Trinajstić information content (AvgIpc) is 3.28. The Morgan fingerprint density at radius 1 is 1.29 bits per heavy atom. The van der Waals surface area contributed by atoms with E-state index < -0.39 is 0 Å². The second-order valence-electron chi connectivity index (χ2n) is 6.01. The third-order valence-electron chi connectivity index (χ3n) is 4.22. The molecule has 0 aliphatic carbocycles. The summed E-state index contributed by atoms with van der Waals surface area (Å²) in [5, 5.41) is 12.1. The highest BCUT2D eigenvalue weighted by Crippen LogP contribution is 2.33. The van der Waals surface area contributed by atoms with E-state index in [1.807, 2.05) is 13.0 Å². The van der Waals surface area contributed by atoms with E-state index in [1.54, 1.807) is 12.1 Å². The van der Waals surface area contributed by atoms with Gasteiger partial charge in [0.1, 0.15) is 5.82 Å². The fourth-order valence-electron chi connectivity index (χ4n) is 3.11. The molecule has 1 aliphatic heterocycles. The topological polar surface area (TPSA) is 68.2 Å². The molecule has 2 aromatic heterocycles. The summed E-state index contributed by atoms with van der Waals surface area (Å²) in [7, 11) is 0. The lowest BCUT2D eigenvalue weighted by atomic mass is 10.1. The maximum Gasteiger partial charge on any atom is 0.247 e. The van der Waals surface area contributed by atoms with Gasteiger partial charge in [-0.3, -0.25) is 4.90 Å². The smallest absolute Gasteiger partial charge is 0.247 e. The highest BCUT2D eigenvalue weighted by atomic mass is 19.1. The van der Waals surface area contributed by atoms with Crippen LogP contribution in [0, 0.1) is 12.7 Å². The van der Waals surface area contributed by atoms with Gasteiger partial charge < -0.3 is 8.94 Å². The SMILES string of the molecule is Cc1cc([C@@H]2CCCN2Cc2nnc(-c3cccc(F)c3)o2)on1. The normalized spacial score (nSPS) is 18.3. The second kappa shape index (κ2) is 6.16. The van der Waals surface area contributed by atoms with E-state index in [9.17, 15) is 4.39 Å². The molecule has 6 nitrogen and oxygen atoms in total. The number of nitrogens with zero attached hydrogens (tertiary/aromatic N) is 4. The quantitative estimate of drug-likeness (QED) is 0.730. The summed E-state index contributed by atoms with van der Waals surface area (Å²) in [6.07, 6.45) is 2.09. The van der Waals surface area contributed by atoms with Crippen LogP contribution < -0.4 is 0 Å². The van der Waals surface area contributed by atoms with E-state index >= 15 is 0 Å². The number of likely N-dealkylation sites (tertiary alicyclic amines) is 1. The fourth-order valence-corrected chi connectivity index (χ4v) is 3.11. The summed E-state index contributed by atoms with van der Waals surface area (Å²) in [6.45, 7) is 3.38. The molecule has 1 fully saturated rings. The third-order valence-corrected chi connectivity index (χ3v) is 4.22. The predicted molar refractivity (Wildman–Crippen MR) is 83.3 cm³/mol. The minimum atomic E-state index is -0.326. The maximum atomic E-state index is 13.3. The molecule has 24 heavy (non-hydrogen) atoms. The van der Waals surface area contributed by atoms with E-state index in [4.69, 9.17) is 8.94 Å². The standard InChI is InChI=1S/C17H17FN4O2/c1-11-8-15(24-21-11)14-6-3-7-22(14)10-16-19-20-17(23-16)12-4-2-5-13(18)9-12/h2,4-5,8-9,14H,3,6-7,10H2,1H3/t14-/m0/s1. The van der Waals surface area contributed by atoms with Crippen molar-refractivity contribution >= 4 is 0 Å². The lowest BCUT2D eigenvalue weighted by molar-refractivity contribution is 0.190. The Kier molecular flexibility index (Phi) is 3.86. The van der Waals surface area contributed by atoms with Crippen molar-refractivity contribution < 1.29 is 13.3 Å². The highest BCUT2D eigenvalue weighted by molar-refractivity contribution is 5.52. The largest absolute Gasteiger partial charge is 0.419 e. The minimum Gasteiger partial charge on any atom is -0.419 e. The number of hydrogen-bond donors (Lipinski definition) is 0. The maximum absolute atomic E-state index is 13.3. The number of aryl methyl sites for hydroxylation is 1. The van der Waals surface area contributed by atoms with Crippen LogP contribution >= 0.6 is 0 Å². The van der Waals surface area contributed by atoms with Gasteiger partial charge in [0.05, 0.1) is 18.3 Å². The Morgan fingerprint density at radius 3 is 3.00 bits per heavy atom. The molecule has 3 aromatic rings. The number of hydrogen-bond acceptors (Lipinski definition) is 6. The molecule has 3 heterocycles. The van der Waals surface area contributed by atoms with Crippen LogP contribution in [0.25, 0.3) is 11.5 Å². The van der Waals surface area contributed by atoms with E-state index in [0.717, 1.165) is 30.8 Å². The van der Waals surface area contributed by atoms with Crippen LogP contribution in [-0.2, 0) is 6.54 Å². The summed E-state index contributed by atoms with van der Waals surface area (Å²) in [5.74, 6) is 1.38. The zero-order valence-corrected chi connectivity index (χ0v) is 13.3. The van der Waals surface area contributed by atoms with Gasteiger partial charge in [-0.05, 0) is 44.5 Å². The van der Waals surface area contributed by atoms with Crippen LogP contribution in [0.4, 0.5) is 4.39 Å². The van der Waals surface area contributed by atoms with Gasteiger partial charge in [0.25, 0.3) is 0 Å². The summed E-state index contributed by atoms with van der Waals surface area (Å²) in [4.78, 5) is 2.24. The van der Waals surface area contributed by atoms with Gasteiger partial charge in [-0.25, -0.2) is 4.39 Å². The Labute approximate surface area is 138 Å². The van der Waals surface area contributed by atoms with Crippen molar-refractivity contribution in [2.24, 2.45) is 0 Å². The van der Waals surface area contributed by atoms with Crippen LogP contribution in [-0.4, -0.2) is 26.8 Å². The molecule has 1 atom stereocenters. The van der Waals surface area contributed by atoms with Gasteiger partial charge in [0.15, 0.2) is 5.76 Å². The molecule has 0 unspecified atom stereocenters. The number of rotatable bonds is 4. The molecule has 0 spiro atoms. The van der Waals surface area contributed by atoms with Crippen LogP contribution in [0.1, 0.15) is 36.2 Å². The second-order valence-corrected chi connectivity index (χ2v) is 6.01. The van der Waals surface area contributed by atoms with Gasteiger partial charge in [0.2, 0.25) is 11.8 Å². The molecule has 124 valence electrons. The Bertz CT molecular complexity index is 844. The van der Waals surface area contributed by atoms with Gasteiger partial charge in [-0.15, -0.1) is 10.2 Å². The van der Waals surface area contributed by atoms with E-state index in [2.05, 4.69) is 20.3 Å². The Balaban J connectivity index is 1.51. The van der Waals surface area contributed by atoms with Crippen molar-refractivity contribution in [3.63, 3.8) is 0 Å². The summed E-state index contributed by atoms with van der Waals surface area (Å²) in [6, 6.07) is 8.28.